The summed E-state index contributed by atoms with van der Waals surface area (Å²) in [4.78, 5) is 10.8. The van der Waals surface area contributed by atoms with E-state index in [0.717, 1.165) is 0 Å². The third kappa shape index (κ3) is 1.93. The number of rotatable bonds is 2. The monoisotopic (exact) mass is 299 g/mol. The fraction of sp³-hybridized carbons (Fsp3) is 0.100. The summed E-state index contributed by atoms with van der Waals surface area (Å²) in [5.41, 5.74) is 0.158. The number of carboxylic acids is 1. The topological polar surface area (TPSA) is 68.0 Å². The first-order valence-corrected chi connectivity index (χ1v) is 5.39. The molecule has 17 heavy (non-hydrogen) atoms. The second-order valence-electron chi connectivity index (χ2n) is 3.32. The molecular weight excluding hydrogens is 293 g/mol. The highest BCUT2D eigenvalue weighted by Crippen LogP contribution is 2.29. The Morgan fingerprint density at radius 1 is 1.53 bits per heavy atom. The van der Waals surface area contributed by atoms with Crippen molar-refractivity contribution in [3.63, 3.8) is 0 Å². The van der Waals surface area contributed by atoms with Gasteiger partial charge < -0.3 is 5.11 Å². The highest BCUT2D eigenvalue weighted by molar-refractivity contribution is 9.10. The molecule has 0 saturated carbocycles. The van der Waals surface area contributed by atoms with Crippen LogP contribution in [0.25, 0.3) is 11.3 Å². The molecule has 0 atom stereocenters. The number of aromatic nitrogens is 3. The van der Waals surface area contributed by atoms with Crippen molar-refractivity contribution in [3.05, 3.63) is 34.2 Å². The maximum Gasteiger partial charge on any atom is 0.338 e. The van der Waals surface area contributed by atoms with E-state index in [0.29, 0.717) is 10.3 Å². The molecule has 0 aliphatic heterocycles. The zero-order valence-corrected chi connectivity index (χ0v) is 10.3. The van der Waals surface area contributed by atoms with Gasteiger partial charge in [0.05, 0.1) is 5.56 Å². The molecular formula is C10H7BrFN3O2. The van der Waals surface area contributed by atoms with Crippen LogP contribution in [0.5, 0.6) is 0 Å². The SMILES string of the molecule is Cn1nnc(Br)c1-c1cccc(C(=O)O)c1F. The van der Waals surface area contributed by atoms with Crippen LogP contribution in [0.15, 0.2) is 22.8 Å². The average Bonchev–Trinajstić information content (AvgIpc) is 2.59. The summed E-state index contributed by atoms with van der Waals surface area (Å²) in [6, 6.07) is 4.16. The van der Waals surface area contributed by atoms with E-state index < -0.39 is 11.8 Å². The minimum absolute atomic E-state index is 0.143. The molecule has 1 aromatic heterocycles. The number of hydrogen-bond acceptors (Lipinski definition) is 3. The van der Waals surface area contributed by atoms with Crippen LogP contribution >= 0.6 is 15.9 Å². The number of benzene rings is 1. The molecule has 1 N–H and O–H groups in total. The molecule has 7 heteroatoms. The lowest BCUT2D eigenvalue weighted by molar-refractivity contribution is 0.0692. The zero-order chi connectivity index (χ0) is 12.6. The second-order valence-corrected chi connectivity index (χ2v) is 4.08. The Kier molecular flexibility index (Phi) is 2.93. The molecule has 2 aromatic rings. The number of carboxylic acid groups (broad SMARTS) is 1. The molecule has 0 aliphatic rings. The van der Waals surface area contributed by atoms with E-state index in [-0.39, 0.29) is 11.1 Å². The van der Waals surface area contributed by atoms with Gasteiger partial charge >= 0.3 is 5.97 Å². The Hall–Kier alpha value is -1.76. The quantitative estimate of drug-likeness (QED) is 0.922. The van der Waals surface area contributed by atoms with Gasteiger partial charge in [0.25, 0.3) is 0 Å². The molecule has 88 valence electrons. The summed E-state index contributed by atoms with van der Waals surface area (Å²) >= 11 is 3.14. The van der Waals surface area contributed by atoms with Gasteiger partial charge in [-0.2, -0.15) is 0 Å². The molecule has 0 spiro atoms. The van der Waals surface area contributed by atoms with Gasteiger partial charge in [0, 0.05) is 12.6 Å². The third-order valence-electron chi connectivity index (χ3n) is 2.27. The minimum Gasteiger partial charge on any atom is -0.478 e. The molecule has 1 aromatic carbocycles. The minimum atomic E-state index is -1.31. The number of hydrogen-bond donors (Lipinski definition) is 1. The Balaban J connectivity index is 2.69. The molecule has 0 unspecified atom stereocenters. The number of aromatic carboxylic acids is 1. The van der Waals surface area contributed by atoms with Crippen LogP contribution in [-0.2, 0) is 7.05 Å². The van der Waals surface area contributed by atoms with E-state index in [4.69, 9.17) is 5.11 Å². The van der Waals surface area contributed by atoms with E-state index >= 15 is 0 Å². The smallest absolute Gasteiger partial charge is 0.338 e. The van der Waals surface area contributed by atoms with E-state index in [2.05, 4.69) is 26.2 Å². The first-order chi connectivity index (χ1) is 8.02. The Bertz CT molecular complexity index is 578. The summed E-state index contributed by atoms with van der Waals surface area (Å²) in [5, 5.41) is 16.3. The van der Waals surface area contributed by atoms with Gasteiger partial charge in [0.1, 0.15) is 11.5 Å². The van der Waals surface area contributed by atoms with Gasteiger partial charge in [0.15, 0.2) is 4.60 Å². The lowest BCUT2D eigenvalue weighted by Gasteiger charge is -2.05. The van der Waals surface area contributed by atoms with Gasteiger partial charge in [0.2, 0.25) is 0 Å². The lowest BCUT2D eigenvalue weighted by atomic mass is 10.1. The van der Waals surface area contributed by atoms with E-state index in [9.17, 15) is 9.18 Å². The Morgan fingerprint density at radius 2 is 2.24 bits per heavy atom. The molecule has 5 nitrogen and oxygen atoms in total. The van der Waals surface area contributed by atoms with Gasteiger partial charge in [-0.25, -0.2) is 13.9 Å². The van der Waals surface area contributed by atoms with Crippen LogP contribution < -0.4 is 0 Å². The number of aryl methyl sites for hydroxylation is 1. The molecule has 0 fully saturated rings. The van der Waals surface area contributed by atoms with Crippen molar-refractivity contribution in [1.82, 2.24) is 15.0 Å². The van der Waals surface area contributed by atoms with Crippen molar-refractivity contribution < 1.29 is 14.3 Å². The standard InChI is InChI=1S/C10H7BrFN3O2/c1-15-8(9(11)13-14-15)5-3-2-4-6(7(5)12)10(16)17/h2-4H,1H3,(H,16,17). The highest BCUT2D eigenvalue weighted by Gasteiger charge is 2.19. The van der Waals surface area contributed by atoms with Crippen molar-refractivity contribution in [2.75, 3.05) is 0 Å². The fourth-order valence-electron chi connectivity index (χ4n) is 1.50. The highest BCUT2D eigenvalue weighted by atomic mass is 79.9. The number of nitrogens with zero attached hydrogens (tertiary/aromatic N) is 3. The summed E-state index contributed by atoms with van der Waals surface area (Å²) in [7, 11) is 1.60. The summed E-state index contributed by atoms with van der Waals surface area (Å²) in [6.07, 6.45) is 0. The molecule has 0 saturated heterocycles. The van der Waals surface area contributed by atoms with Crippen molar-refractivity contribution >= 4 is 21.9 Å². The van der Waals surface area contributed by atoms with Gasteiger partial charge in [-0.3, -0.25) is 0 Å². The zero-order valence-electron chi connectivity index (χ0n) is 8.69. The lowest BCUT2D eigenvalue weighted by Crippen LogP contribution is -2.03. The van der Waals surface area contributed by atoms with Gasteiger partial charge in [-0.05, 0) is 28.1 Å². The first-order valence-electron chi connectivity index (χ1n) is 4.59. The maximum atomic E-state index is 14.0. The fourth-order valence-corrected chi connectivity index (χ4v) is 2.04. The van der Waals surface area contributed by atoms with E-state index in [1.165, 1.54) is 22.9 Å². The van der Waals surface area contributed by atoms with E-state index in [1.54, 1.807) is 7.05 Å². The van der Waals surface area contributed by atoms with Crippen molar-refractivity contribution in [3.8, 4) is 11.3 Å². The second kappa shape index (κ2) is 4.25. The first kappa shape index (κ1) is 11.7. The van der Waals surface area contributed by atoms with Crippen LogP contribution in [0.2, 0.25) is 0 Å². The van der Waals surface area contributed by atoms with Crippen LogP contribution in [0.1, 0.15) is 10.4 Å². The van der Waals surface area contributed by atoms with Gasteiger partial charge in [-0.1, -0.05) is 11.3 Å². The van der Waals surface area contributed by atoms with Crippen LogP contribution in [-0.4, -0.2) is 26.1 Å². The van der Waals surface area contributed by atoms with Crippen LogP contribution in [0, 0.1) is 5.82 Å². The van der Waals surface area contributed by atoms with E-state index in [1.807, 2.05) is 0 Å². The maximum absolute atomic E-state index is 14.0. The normalized spacial score (nSPS) is 10.5. The van der Waals surface area contributed by atoms with Crippen molar-refractivity contribution in [1.29, 1.82) is 0 Å². The summed E-state index contributed by atoms with van der Waals surface area (Å²) in [6.45, 7) is 0. The molecule has 0 bridgehead atoms. The average molecular weight is 300 g/mol. The Morgan fingerprint density at radius 3 is 2.76 bits per heavy atom. The predicted molar refractivity (Wildman–Crippen MR) is 61.1 cm³/mol. The predicted octanol–water partition coefficient (Wildman–Crippen LogP) is 2.08. The summed E-state index contributed by atoms with van der Waals surface area (Å²) in [5.74, 6) is -2.11. The largest absolute Gasteiger partial charge is 0.478 e. The molecule has 0 radical (unpaired) electrons. The van der Waals surface area contributed by atoms with Crippen LogP contribution in [0.4, 0.5) is 4.39 Å². The third-order valence-corrected chi connectivity index (χ3v) is 2.80. The van der Waals surface area contributed by atoms with Gasteiger partial charge in [-0.15, -0.1) is 5.10 Å². The molecule has 0 amide bonds. The number of halogens is 2. The molecule has 0 aliphatic carbocycles. The van der Waals surface area contributed by atoms with Crippen LogP contribution in [0.3, 0.4) is 0 Å². The molecule has 1 heterocycles. The Labute approximate surface area is 104 Å². The summed E-state index contributed by atoms with van der Waals surface area (Å²) < 4.78 is 15.7. The molecule has 2 rings (SSSR count). The number of carbonyl (C=O) groups is 1. The van der Waals surface area contributed by atoms with Crippen molar-refractivity contribution in [2.45, 2.75) is 0 Å². The van der Waals surface area contributed by atoms with Crippen molar-refractivity contribution in [2.24, 2.45) is 7.05 Å².